The SMILES string of the molecule is C/C=C/CC(=O)N1CCC(Oc2cccc(C)c2)CC1. The number of hydrogen-bond donors (Lipinski definition) is 0. The number of hydrogen-bond acceptors (Lipinski definition) is 2. The standard InChI is InChI=1S/C17H23NO2/c1-3-4-8-17(19)18-11-9-15(10-12-18)20-16-7-5-6-14(2)13-16/h3-7,13,15H,8-12H2,1-2H3/b4-3+. The molecule has 0 aliphatic carbocycles. The van der Waals surface area contributed by atoms with E-state index in [1.54, 1.807) is 0 Å². The van der Waals surface area contributed by atoms with E-state index in [1.807, 2.05) is 36.1 Å². The lowest BCUT2D eigenvalue weighted by Crippen LogP contribution is -2.41. The Bertz CT molecular complexity index is 474. The Kier molecular flexibility index (Phi) is 5.22. The minimum absolute atomic E-state index is 0.220. The molecule has 1 aliphatic heterocycles. The van der Waals surface area contributed by atoms with Gasteiger partial charge in [-0.1, -0.05) is 24.3 Å². The lowest BCUT2D eigenvalue weighted by Gasteiger charge is -2.32. The first-order valence-corrected chi connectivity index (χ1v) is 7.31. The van der Waals surface area contributed by atoms with Crippen molar-refractivity contribution in [1.82, 2.24) is 4.90 Å². The Labute approximate surface area is 121 Å². The third-order valence-corrected chi connectivity index (χ3v) is 3.62. The smallest absolute Gasteiger partial charge is 0.226 e. The Balaban J connectivity index is 1.81. The van der Waals surface area contributed by atoms with Crippen molar-refractivity contribution >= 4 is 5.91 Å². The Morgan fingerprint density at radius 1 is 1.40 bits per heavy atom. The van der Waals surface area contributed by atoms with Crippen molar-refractivity contribution < 1.29 is 9.53 Å². The predicted molar refractivity (Wildman–Crippen MR) is 80.8 cm³/mol. The van der Waals surface area contributed by atoms with Gasteiger partial charge in [-0.3, -0.25) is 4.79 Å². The van der Waals surface area contributed by atoms with Crippen molar-refractivity contribution in [1.29, 1.82) is 0 Å². The minimum Gasteiger partial charge on any atom is -0.490 e. The number of carbonyl (C=O) groups is 1. The lowest BCUT2D eigenvalue weighted by molar-refractivity contribution is -0.132. The van der Waals surface area contributed by atoms with Crippen LogP contribution >= 0.6 is 0 Å². The van der Waals surface area contributed by atoms with Crippen molar-refractivity contribution in [3.05, 3.63) is 42.0 Å². The van der Waals surface area contributed by atoms with Gasteiger partial charge < -0.3 is 9.64 Å². The quantitative estimate of drug-likeness (QED) is 0.787. The highest BCUT2D eigenvalue weighted by Crippen LogP contribution is 2.20. The van der Waals surface area contributed by atoms with Crippen LogP contribution in [0, 0.1) is 6.92 Å². The van der Waals surface area contributed by atoms with Gasteiger partial charge in [-0.25, -0.2) is 0 Å². The Morgan fingerprint density at radius 2 is 2.15 bits per heavy atom. The lowest BCUT2D eigenvalue weighted by atomic mass is 10.1. The van der Waals surface area contributed by atoms with E-state index < -0.39 is 0 Å². The molecular weight excluding hydrogens is 250 g/mol. The zero-order chi connectivity index (χ0) is 14.4. The number of allylic oxidation sites excluding steroid dienone is 1. The fraction of sp³-hybridized carbons (Fsp3) is 0.471. The molecule has 20 heavy (non-hydrogen) atoms. The maximum atomic E-state index is 11.9. The zero-order valence-electron chi connectivity index (χ0n) is 12.3. The van der Waals surface area contributed by atoms with Gasteiger partial charge in [0.25, 0.3) is 0 Å². The van der Waals surface area contributed by atoms with Gasteiger partial charge >= 0.3 is 0 Å². The third kappa shape index (κ3) is 4.12. The molecule has 1 saturated heterocycles. The van der Waals surface area contributed by atoms with E-state index in [0.29, 0.717) is 6.42 Å². The average Bonchev–Trinajstić information content (AvgIpc) is 2.45. The summed E-state index contributed by atoms with van der Waals surface area (Å²) in [5.74, 6) is 1.15. The molecule has 2 rings (SSSR count). The number of carbonyl (C=O) groups excluding carboxylic acids is 1. The molecule has 1 aromatic carbocycles. The van der Waals surface area contributed by atoms with Crippen LogP contribution in [0.15, 0.2) is 36.4 Å². The van der Waals surface area contributed by atoms with E-state index in [9.17, 15) is 4.79 Å². The molecular formula is C17H23NO2. The highest BCUT2D eigenvalue weighted by molar-refractivity contribution is 5.77. The van der Waals surface area contributed by atoms with Crippen LogP contribution in [-0.2, 0) is 4.79 Å². The second-order valence-corrected chi connectivity index (χ2v) is 5.29. The molecule has 0 bridgehead atoms. The van der Waals surface area contributed by atoms with Crippen LogP contribution in [0.5, 0.6) is 5.75 Å². The first-order chi connectivity index (χ1) is 9.69. The normalized spacial score (nSPS) is 16.6. The van der Waals surface area contributed by atoms with E-state index in [1.165, 1.54) is 5.56 Å². The number of benzene rings is 1. The fourth-order valence-electron chi connectivity index (χ4n) is 2.45. The van der Waals surface area contributed by atoms with Gasteiger partial charge in [0.05, 0.1) is 0 Å². The molecule has 0 unspecified atom stereocenters. The van der Waals surface area contributed by atoms with Gasteiger partial charge in [-0.05, 0) is 31.5 Å². The molecule has 3 nitrogen and oxygen atoms in total. The van der Waals surface area contributed by atoms with Crippen molar-refractivity contribution in [2.75, 3.05) is 13.1 Å². The largest absolute Gasteiger partial charge is 0.490 e. The molecule has 1 aliphatic rings. The monoisotopic (exact) mass is 273 g/mol. The topological polar surface area (TPSA) is 29.5 Å². The first-order valence-electron chi connectivity index (χ1n) is 7.31. The van der Waals surface area contributed by atoms with E-state index in [2.05, 4.69) is 19.1 Å². The average molecular weight is 273 g/mol. The van der Waals surface area contributed by atoms with Gasteiger partial charge in [0.1, 0.15) is 11.9 Å². The van der Waals surface area contributed by atoms with Crippen molar-refractivity contribution in [2.45, 2.75) is 39.2 Å². The van der Waals surface area contributed by atoms with Gasteiger partial charge in [0.15, 0.2) is 0 Å². The molecule has 1 aromatic rings. The molecule has 108 valence electrons. The van der Waals surface area contributed by atoms with E-state index in [0.717, 1.165) is 31.7 Å². The zero-order valence-corrected chi connectivity index (χ0v) is 12.3. The van der Waals surface area contributed by atoms with Crippen LogP contribution in [-0.4, -0.2) is 30.0 Å². The van der Waals surface area contributed by atoms with Crippen molar-refractivity contribution in [2.24, 2.45) is 0 Å². The second-order valence-electron chi connectivity index (χ2n) is 5.29. The molecule has 0 N–H and O–H groups in total. The molecule has 0 aromatic heterocycles. The van der Waals surface area contributed by atoms with E-state index in [4.69, 9.17) is 4.74 Å². The van der Waals surface area contributed by atoms with Gasteiger partial charge in [-0.2, -0.15) is 0 Å². The number of nitrogens with zero attached hydrogens (tertiary/aromatic N) is 1. The summed E-state index contributed by atoms with van der Waals surface area (Å²) in [5, 5.41) is 0. The number of piperidine rings is 1. The van der Waals surface area contributed by atoms with E-state index in [-0.39, 0.29) is 12.0 Å². The van der Waals surface area contributed by atoms with Crippen LogP contribution in [0.4, 0.5) is 0 Å². The summed E-state index contributed by atoms with van der Waals surface area (Å²) in [6.07, 6.45) is 6.40. The molecule has 1 heterocycles. The summed E-state index contributed by atoms with van der Waals surface area (Å²) in [6.45, 7) is 5.60. The summed E-state index contributed by atoms with van der Waals surface area (Å²) in [6, 6.07) is 8.13. The molecule has 3 heteroatoms. The summed E-state index contributed by atoms with van der Waals surface area (Å²) in [7, 11) is 0. The molecule has 1 fully saturated rings. The van der Waals surface area contributed by atoms with Crippen LogP contribution in [0.25, 0.3) is 0 Å². The summed E-state index contributed by atoms with van der Waals surface area (Å²) in [5.41, 5.74) is 1.21. The van der Waals surface area contributed by atoms with Crippen LogP contribution in [0.2, 0.25) is 0 Å². The molecule has 0 radical (unpaired) electrons. The number of aryl methyl sites for hydroxylation is 1. The van der Waals surface area contributed by atoms with Crippen LogP contribution < -0.4 is 4.74 Å². The van der Waals surface area contributed by atoms with Crippen LogP contribution in [0.3, 0.4) is 0 Å². The number of rotatable bonds is 4. The van der Waals surface area contributed by atoms with Crippen molar-refractivity contribution in [3.63, 3.8) is 0 Å². The highest BCUT2D eigenvalue weighted by Gasteiger charge is 2.23. The number of likely N-dealkylation sites (tertiary alicyclic amines) is 1. The van der Waals surface area contributed by atoms with Crippen molar-refractivity contribution in [3.8, 4) is 5.75 Å². The Hall–Kier alpha value is -1.77. The van der Waals surface area contributed by atoms with E-state index >= 15 is 0 Å². The highest BCUT2D eigenvalue weighted by atomic mass is 16.5. The Morgan fingerprint density at radius 3 is 2.80 bits per heavy atom. The third-order valence-electron chi connectivity index (χ3n) is 3.62. The maximum absolute atomic E-state index is 11.9. The van der Waals surface area contributed by atoms with Gasteiger partial charge in [0.2, 0.25) is 5.91 Å². The summed E-state index contributed by atoms with van der Waals surface area (Å²) >= 11 is 0. The molecule has 1 amide bonds. The van der Waals surface area contributed by atoms with Crippen LogP contribution in [0.1, 0.15) is 31.7 Å². The summed E-state index contributed by atoms with van der Waals surface area (Å²) < 4.78 is 5.99. The summed E-state index contributed by atoms with van der Waals surface area (Å²) in [4.78, 5) is 13.8. The minimum atomic E-state index is 0.220. The maximum Gasteiger partial charge on any atom is 0.226 e. The first kappa shape index (κ1) is 14.6. The van der Waals surface area contributed by atoms with Gasteiger partial charge in [-0.15, -0.1) is 0 Å². The molecule has 0 atom stereocenters. The molecule has 0 spiro atoms. The second kappa shape index (κ2) is 7.13. The van der Waals surface area contributed by atoms with Gasteiger partial charge in [0, 0.05) is 32.4 Å². The predicted octanol–water partition coefficient (Wildman–Crippen LogP) is 3.33. The molecule has 0 saturated carbocycles. The number of ether oxygens (including phenoxy) is 1. The fourth-order valence-corrected chi connectivity index (χ4v) is 2.45. The number of amides is 1.